The van der Waals surface area contributed by atoms with Crippen LogP contribution in [0.1, 0.15) is 44.5 Å². The summed E-state index contributed by atoms with van der Waals surface area (Å²) in [4.78, 5) is 0. The minimum atomic E-state index is 1.23. The smallest absolute Gasteiger partial charge is 0.0757 e. The van der Waals surface area contributed by atoms with Crippen molar-refractivity contribution < 1.29 is 0 Å². The second-order valence-corrected chi connectivity index (χ2v) is 8.92. The van der Waals surface area contributed by atoms with E-state index in [2.05, 4.69) is 110 Å². The van der Waals surface area contributed by atoms with Gasteiger partial charge in [-0.25, -0.2) is 0 Å². The van der Waals surface area contributed by atoms with Crippen LogP contribution in [0.25, 0.3) is 12.2 Å². The van der Waals surface area contributed by atoms with Crippen LogP contribution in [-0.4, -0.2) is 7.28 Å². The summed E-state index contributed by atoms with van der Waals surface area (Å²) in [6, 6.07) is 29.7. The fraction of sp³-hybridized carbons (Fsp3) is 0.188. The van der Waals surface area contributed by atoms with E-state index < -0.39 is 0 Å². The molecule has 0 fully saturated rings. The van der Waals surface area contributed by atoms with Crippen molar-refractivity contribution in [3.63, 3.8) is 0 Å². The van der Waals surface area contributed by atoms with Gasteiger partial charge in [0.2, 0.25) is 0 Å². The molecule has 0 unspecified atom stereocenters. The molecule has 4 rings (SSSR count). The van der Waals surface area contributed by atoms with E-state index in [1.54, 1.807) is 0 Å². The Bertz CT molecular complexity index is 1080. The Hall–Kier alpha value is -3.32. The number of benzene rings is 4. The molecule has 4 aromatic carbocycles. The van der Waals surface area contributed by atoms with Crippen molar-refractivity contribution in [2.45, 2.75) is 41.5 Å². The van der Waals surface area contributed by atoms with Crippen LogP contribution in [0.3, 0.4) is 0 Å². The molecule has 0 aliphatic rings. The van der Waals surface area contributed by atoms with Crippen LogP contribution in [0.5, 0.6) is 0 Å². The second kappa shape index (κ2) is 11.5. The maximum atomic E-state index is 2.34. The zero-order valence-corrected chi connectivity index (χ0v) is 20.8. The molecular weight excluding hydrogens is 395 g/mol. The van der Waals surface area contributed by atoms with Crippen LogP contribution < -0.4 is 10.9 Å². The number of hydrogen-bond acceptors (Lipinski definition) is 0. The molecule has 1 radical (unpaired) electrons. The summed E-state index contributed by atoms with van der Waals surface area (Å²) < 4.78 is 0. The number of hydrogen-bond donors (Lipinski definition) is 0. The molecule has 4 aromatic rings. The first-order valence-corrected chi connectivity index (χ1v) is 11.6. The zero-order chi connectivity index (χ0) is 23.8. The van der Waals surface area contributed by atoms with Gasteiger partial charge >= 0.3 is 0 Å². The van der Waals surface area contributed by atoms with E-state index in [1.807, 2.05) is 36.4 Å². The van der Waals surface area contributed by atoms with Crippen molar-refractivity contribution in [2.75, 3.05) is 0 Å². The van der Waals surface area contributed by atoms with Gasteiger partial charge in [-0.05, 0) is 52.7 Å². The lowest BCUT2D eigenvalue weighted by molar-refractivity contribution is 1.34. The molecule has 0 aromatic heterocycles. The molecule has 0 spiro atoms. The van der Waals surface area contributed by atoms with E-state index in [9.17, 15) is 0 Å². The van der Waals surface area contributed by atoms with Gasteiger partial charge in [-0.1, -0.05) is 141 Å². The predicted molar refractivity (Wildman–Crippen MR) is 148 cm³/mol. The number of rotatable bonds is 4. The van der Waals surface area contributed by atoms with Gasteiger partial charge < -0.3 is 0 Å². The highest BCUT2D eigenvalue weighted by molar-refractivity contribution is 6.69. The Labute approximate surface area is 201 Å². The molecule has 0 amide bonds. The molecule has 0 saturated heterocycles. The van der Waals surface area contributed by atoms with Gasteiger partial charge in [0.1, 0.15) is 0 Å². The molecule has 165 valence electrons. The summed E-state index contributed by atoms with van der Waals surface area (Å²) >= 11 is 0. The van der Waals surface area contributed by atoms with Gasteiger partial charge in [-0.3, -0.25) is 0 Å². The van der Waals surface area contributed by atoms with Gasteiger partial charge in [0.15, 0.2) is 7.28 Å². The quantitative estimate of drug-likeness (QED) is 0.241. The lowest BCUT2D eigenvalue weighted by Gasteiger charge is -2.15. The lowest BCUT2D eigenvalue weighted by atomic mass is 9.58. The summed E-state index contributed by atoms with van der Waals surface area (Å²) in [6.07, 6.45) is 4.24. The van der Waals surface area contributed by atoms with Crippen LogP contribution in [0.2, 0.25) is 0 Å². The second-order valence-electron chi connectivity index (χ2n) is 8.92. The maximum absolute atomic E-state index is 2.34. The highest BCUT2D eigenvalue weighted by Crippen LogP contribution is 2.09. The Morgan fingerprint density at radius 1 is 0.455 bits per heavy atom. The fourth-order valence-electron chi connectivity index (χ4n) is 4.30. The molecule has 0 nitrogen and oxygen atoms in total. The van der Waals surface area contributed by atoms with E-state index >= 15 is 0 Å². The fourth-order valence-corrected chi connectivity index (χ4v) is 4.30. The van der Waals surface area contributed by atoms with Crippen molar-refractivity contribution in [1.82, 2.24) is 0 Å². The molecule has 0 atom stereocenters. The first-order chi connectivity index (χ1) is 15.8. The van der Waals surface area contributed by atoms with Crippen LogP contribution in [-0.2, 0) is 0 Å². The van der Waals surface area contributed by atoms with Crippen molar-refractivity contribution in [2.24, 2.45) is 0 Å². The monoisotopic (exact) mass is 429 g/mol. The topological polar surface area (TPSA) is 0 Å². The third kappa shape index (κ3) is 7.09. The van der Waals surface area contributed by atoms with E-state index in [0.29, 0.717) is 0 Å². The van der Waals surface area contributed by atoms with Gasteiger partial charge in [0.05, 0.1) is 0 Å². The normalized spacial score (nSPS) is 10.6. The third-order valence-corrected chi connectivity index (χ3v) is 5.83. The third-order valence-electron chi connectivity index (χ3n) is 5.83. The maximum Gasteiger partial charge on any atom is 0.192 e. The molecule has 0 N–H and O–H groups in total. The van der Waals surface area contributed by atoms with Crippen molar-refractivity contribution in [3.8, 4) is 0 Å². The predicted octanol–water partition coefficient (Wildman–Crippen LogP) is 7.05. The van der Waals surface area contributed by atoms with E-state index in [0.717, 1.165) is 0 Å². The lowest BCUT2D eigenvalue weighted by Crippen LogP contribution is -2.34. The van der Waals surface area contributed by atoms with Crippen molar-refractivity contribution >= 4 is 30.4 Å². The van der Waals surface area contributed by atoms with Gasteiger partial charge in [0, 0.05) is 0 Å². The first kappa shape index (κ1) is 24.3. The minimum absolute atomic E-state index is 1.23. The van der Waals surface area contributed by atoms with Crippen LogP contribution in [0.4, 0.5) is 0 Å². The Kier molecular flexibility index (Phi) is 8.49. The van der Waals surface area contributed by atoms with Crippen LogP contribution >= 0.6 is 0 Å². The summed E-state index contributed by atoms with van der Waals surface area (Å²) in [6.45, 7) is 13.1. The molecule has 1 heteroatoms. The molecule has 0 bridgehead atoms. The molecule has 33 heavy (non-hydrogen) atoms. The summed E-state index contributed by atoms with van der Waals surface area (Å²) in [7, 11) is 2.34. The molecule has 0 heterocycles. The largest absolute Gasteiger partial charge is 0.192 e. The highest BCUT2D eigenvalue weighted by atomic mass is 14.0. The van der Waals surface area contributed by atoms with Gasteiger partial charge in [-0.15, -0.1) is 0 Å². The van der Waals surface area contributed by atoms with E-state index in [4.69, 9.17) is 0 Å². The van der Waals surface area contributed by atoms with Crippen molar-refractivity contribution in [1.29, 1.82) is 0 Å². The summed E-state index contributed by atoms with van der Waals surface area (Å²) in [5, 5.41) is 0. The minimum Gasteiger partial charge on any atom is -0.0757 e. The molecule has 0 saturated carbocycles. The SMILES string of the molecule is C(=Cc1ccccc1)c1ccccc1.Cc1cc(C)c([B]c2c(C)cc(C)cc2C)c(C)c1. The van der Waals surface area contributed by atoms with Gasteiger partial charge in [-0.2, -0.15) is 0 Å². The van der Waals surface area contributed by atoms with Crippen LogP contribution in [0, 0.1) is 41.5 Å². The molecule has 0 aliphatic heterocycles. The number of aryl methyl sites for hydroxylation is 6. The molecular formula is C32H34B. The van der Waals surface area contributed by atoms with Crippen LogP contribution in [0.15, 0.2) is 84.9 Å². The Balaban J connectivity index is 0.000000194. The average molecular weight is 429 g/mol. The molecule has 0 aliphatic carbocycles. The average Bonchev–Trinajstić information content (AvgIpc) is 2.78. The summed E-state index contributed by atoms with van der Waals surface area (Å²) in [5.41, 5.74) is 13.3. The Morgan fingerprint density at radius 3 is 1.06 bits per heavy atom. The van der Waals surface area contributed by atoms with Gasteiger partial charge in [0.25, 0.3) is 0 Å². The first-order valence-electron chi connectivity index (χ1n) is 11.6. The van der Waals surface area contributed by atoms with E-state index in [-0.39, 0.29) is 0 Å². The van der Waals surface area contributed by atoms with Crippen molar-refractivity contribution in [3.05, 3.63) is 129 Å². The Morgan fingerprint density at radius 2 is 0.758 bits per heavy atom. The zero-order valence-electron chi connectivity index (χ0n) is 20.8. The summed E-state index contributed by atoms with van der Waals surface area (Å²) in [5.74, 6) is 0. The standard InChI is InChI=1S/C18H22B.C14H12/c1-11-7-13(3)17(14(4)8-11)19-18-15(5)9-12(2)10-16(18)6;1-3-7-13(8-4-1)11-12-14-9-5-2-6-10-14/h7-10H,1-6H3;1-12H. The van der Waals surface area contributed by atoms with E-state index in [1.165, 1.54) is 55.4 Å². The highest BCUT2D eigenvalue weighted by Gasteiger charge is 2.11.